The molecule has 1 aromatic rings. The van der Waals surface area contributed by atoms with Crippen molar-refractivity contribution < 1.29 is 9.84 Å². The molecular formula is C14H24N2O2S. The van der Waals surface area contributed by atoms with Gasteiger partial charge in [-0.05, 0) is 25.4 Å². The third kappa shape index (κ3) is 3.77. The first-order valence-corrected chi connectivity index (χ1v) is 7.69. The number of hydrogen-bond acceptors (Lipinski definition) is 5. The van der Waals surface area contributed by atoms with Crippen molar-refractivity contribution in [3.05, 3.63) is 22.4 Å². The zero-order valence-corrected chi connectivity index (χ0v) is 12.5. The van der Waals surface area contributed by atoms with E-state index in [2.05, 4.69) is 16.3 Å². The number of likely N-dealkylation sites (N-methyl/N-ethyl adjacent to an activating group) is 1. The summed E-state index contributed by atoms with van der Waals surface area (Å²) < 4.78 is 5.33. The Bertz CT molecular complexity index is 375. The molecule has 0 bridgehead atoms. The number of nitrogens with two attached hydrogens (primary N) is 1. The van der Waals surface area contributed by atoms with Crippen LogP contribution < -0.4 is 5.73 Å². The minimum absolute atomic E-state index is 0.0343. The van der Waals surface area contributed by atoms with E-state index in [0.29, 0.717) is 32.6 Å². The summed E-state index contributed by atoms with van der Waals surface area (Å²) in [6.45, 7) is 3.95. The maximum absolute atomic E-state index is 10.6. The summed E-state index contributed by atoms with van der Waals surface area (Å²) in [4.78, 5) is 3.44. The first-order valence-electron chi connectivity index (χ1n) is 6.81. The van der Waals surface area contributed by atoms with Gasteiger partial charge in [-0.15, -0.1) is 11.3 Å². The Kier molecular flexibility index (Phi) is 4.97. The van der Waals surface area contributed by atoms with Crippen LogP contribution in [0.2, 0.25) is 0 Å². The summed E-state index contributed by atoms with van der Waals surface area (Å²) in [7, 11) is 2.04. The van der Waals surface area contributed by atoms with E-state index in [1.165, 1.54) is 4.88 Å². The summed E-state index contributed by atoms with van der Waals surface area (Å²) in [5.74, 6) is 0. The summed E-state index contributed by atoms with van der Waals surface area (Å²) in [5, 5.41) is 12.7. The van der Waals surface area contributed by atoms with E-state index in [-0.39, 0.29) is 12.1 Å². The molecule has 0 radical (unpaired) electrons. The van der Waals surface area contributed by atoms with Crippen molar-refractivity contribution >= 4 is 11.3 Å². The standard InChI is InChI=1S/C14H24N2O2S/c1-11(15)13(12-4-3-9-19-12)16(2)10-14(17)5-7-18-8-6-14/h3-4,9,11,13,17H,5-8,10,15H2,1-2H3. The molecule has 2 unspecified atom stereocenters. The van der Waals surface area contributed by atoms with Crippen molar-refractivity contribution in [2.24, 2.45) is 5.73 Å². The molecule has 1 aliphatic heterocycles. The second kappa shape index (κ2) is 6.33. The fraction of sp³-hybridized carbons (Fsp3) is 0.714. The van der Waals surface area contributed by atoms with E-state index in [4.69, 9.17) is 10.5 Å². The molecule has 3 N–H and O–H groups in total. The van der Waals surface area contributed by atoms with Gasteiger partial charge < -0.3 is 15.6 Å². The Morgan fingerprint density at radius 2 is 2.21 bits per heavy atom. The van der Waals surface area contributed by atoms with Gasteiger partial charge in [0.25, 0.3) is 0 Å². The Morgan fingerprint density at radius 3 is 2.74 bits per heavy atom. The van der Waals surface area contributed by atoms with E-state index >= 15 is 0 Å². The van der Waals surface area contributed by atoms with Gasteiger partial charge in [-0.2, -0.15) is 0 Å². The zero-order valence-electron chi connectivity index (χ0n) is 11.7. The average molecular weight is 284 g/mol. The van der Waals surface area contributed by atoms with Gasteiger partial charge in [0, 0.05) is 43.5 Å². The highest BCUT2D eigenvalue weighted by atomic mass is 32.1. The number of hydrogen-bond donors (Lipinski definition) is 2. The van der Waals surface area contributed by atoms with Crippen LogP contribution in [0.4, 0.5) is 0 Å². The smallest absolute Gasteiger partial charge is 0.0818 e. The van der Waals surface area contributed by atoms with Gasteiger partial charge in [0.1, 0.15) is 0 Å². The Morgan fingerprint density at radius 1 is 1.53 bits per heavy atom. The van der Waals surface area contributed by atoms with Crippen LogP contribution in [0.3, 0.4) is 0 Å². The normalized spacial score (nSPS) is 22.4. The summed E-state index contributed by atoms with van der Waals surface area (Å²) in [5.41, 5.74) is 5.49. The van der Waals surface area contributed by atoms with Gasteiger partial charge in [0.15, 0.2) is 0 Å². The number of aliphatic hydroxyl groups is 1. The van der Waals surface area contributed by atoms with Gasteiger partial charge >= 0.3 is 0 Å². The highest BCUT2D eigenvalue weighted by Crippen LogP contribution is 2.30. The fourth-order valence-electron chi connectivity index (χ4n) is 2.81. The van der Waals surface area contributed by atoms with Crippen LogP contribution in [0.5, 0.6) is 0 Å². The lowest BCUT2D eigenvalue weighted by Gasteiger charge is -2.39. The third-order valence-electron chi connectivity index (χ3n) is 3.77. The molecule has 1 aromatic heterocycles. The van der Waals surface area contributed by atoms with E-state index in [9.17, 15) is 5.11 Å². The molecule has 2 heterocycles. The van der Waals surface area contributed by atoms with Crippen LogP contribution in [0.1, 0.15) is 30.7 Å². The van der Waals surface area contributed by atoms with Crippen LogP contribution in [0.15, 0.2) is 17.5 Å². The second-order valence-electron chi connectivity index (χ2n) is 5.57. The number of thiophene rings is 1. The highest BCUT2D eigenvalue weighted by molar-refractivity contribution is 7.10. The van der Waals surface area contributed by atoms with Crippen LogP contribution in [-0.2, 0) is 4.74 Å². The molecule has 1 fully saturated rings. The number of ether oxygens (including phenoxy) is 1. The quantitative estimate of drug-likeness (QED) is 0.862. The molecule has 1 saturated heterocycles. The molecule has 108 valence electrons. The van der Waals surface area contributed by atoms with Crippen molar-refractivity contribution in [3.8, 4) is 0 Å². The molecule has 4 nitrogen and oxygen atoms in total. The lowest BCUT2D eigenvalue weighted by molar-refractivity contribution is -0.0823. The molecule has 0 amide bonds. The monoisotopic (exact) mass is 284 g/mol. The van der Waals surface area contributed by atoms with Crippen molar-refractivity contribution in [2.75, 3.05) is 26.8 Å². The minimum Gasteiger partial charge on any atom is -0.388 e. The van der Waals surface area contributed by atoms with Gasteiger partial charge in [-0.3, -0.25) is 4.90 Å². The van der Waals surface area contributed by atoms with E-state index in [1.54, 1.807) is 11.3 Å². The molecule has 5 heteroatoms. The lowest BCUT2D eigenvalue weighted by atomic mass is 9.92. The Balaban J connectivity index is 2.05. The Labute approximate surface area is 119 Å². The summed E-state index contributed by atoms with van der Waals surface area (Å²) in [6.07, 6.45) is 1.40. The second-order valence-corrected chi connectivity index (χ2v) is 6.55. The molecule has 0 aromatic carbocycles. The molecule has 2 atom stereocenters. The molecule has 0 spiro atoms. The minimum atomic E-state index is -0.641. The zero-order chi connectivity index (χ0) is 13.9. The van der Waals surface area contributed by atoms with Crippen molar-refractivity contribution in [1.82, 2.24) is 4.90 Å². The topological polar surface area (TPSA) is 58.7 Å². The van der Waals surface area contributed by atoms with Crippen molar-refractivity contribution in [2.45, 2.75) is 37.5 Å². The van der Waals surface area contributed by atoms with Gasteiger partial charge in [0.05, 0.1) is 11.6 Å². The Hall–Kier alpha value is -0.460. The lowest BCUT2D eigenvalue weighted by Crippen LogP contribution is -2.49. The summed E-state index contributed by atoms with van der Waals surface area (Å²) >= 11 is 1.72. The van der Waals surface area contributed by atoms with Crippen molar-refractivity contribution in [3.63, 3.8) is 0 Å². The van der Waals surface area contributed by atoms with Gasteiger partial charge in [-0.1, -0.05) is 6.07 Å². The maximum Gasteiger partial charge on any atom is 0.0818 e. The molecule has 19 heavy (non-hydrogen) atoms. The molecule has 0 aliphatic carbocycles. The maximum atomic E-state index is 10.6. The first kappa shape index (κ1) is 14.9. The SMILES string of the molecule is CC(N)C(c1cccs1)N(C)CC1(O)CCOCC1. The van der Waals surface area contributed by atoms with Crippen LogP contribution in [-0.4, -0.2) is 48.5 Å². The van der Waals surface area contributed by atoms with E-state index < -0.39 is 5.60 Å². The van der Waals surface area contributed by atoms with Crippen LogP contribution in [0.25, 0.3) is 0 Å². The molecular weight excluding hydrogens is 260 g/mol. The molecule has 2 rings (SSSR count). The third-order valence-corrected chi connectivity index (χ3v) is 4.72. The largest absolute Gasteiger partial charge is 0.388 e. The molecule has 0 saturated carbocycles. The van der Waals surface area contributed by atoms with Crippen LogP contribution >= 0.6 is 11.3 Å². The van der Waals surface area contributed by atoms with E-state index in [1.807, 2.05) is 20.0 Å². The summed E-state index contributed by atoms with van der Waals surface area (Å²) in [6, 6.07) is 4.36. The van der Waals surface area contributed by atoms with Gasteiger partial charge in [0.2, 0.25) is 0 Å². The predicted molar refractivity (Wildman–Crippen MR) is 78.3 cm³/mol. The number of nitrogens with zero attached hydrogens (tertiary/aromatic N) is 1. The number of rotatable bonds is 5. The van der Waals surface area contributed by atoms with Crippen LogP contribution in [0, 0.1) is 0 Å². The average Bonchev–Trinajstić information content (AvgIpc) is 2.82. The molecule has 1 aliphatic rings. The van der Waals surface area contributed by atoms with E-state index in [0.717, 1.165) is 0 Å². The fourth-order valence-corrected chi connectivity index (χ4v) is 3.81. The predicted octanol–water partition coefficient (Wildman–Crippen LogP) is 1.61. The van der Waals surface area contributed by atoms with Crippen molar-refractivity contribution in [1.29, 1.82) is 0 Å². The first-order chi connectivity index (χ1) is 9.02. The highest BCUT2D eigenvalue weighted by Gasteiger charge is 2.34. The van der Waals surface area contributed by atoms with Gasteiger partial charge in [-0.25, -0.2) is 0 Å².